The van der Waals surface area contributed by atoms with Crippen molar-refractivity contribution in [3.63, 3.8) is 0 Å². The number of rotatable bonds is 51. The molecule has 6 heteroatoms. The third-order valence-corrected chi connectivity index (χ3v) is 12.2. The van der Waals surface area contributed by atoms with E-state index in [4.69, 9.17) is 14.2 Å². The highest BCUT2D eigenvalue weighted by Crippen LogP contribution is 2.16. The van der Waals surface area contributed by atoms with Crippen molar-refractivity contribution >= 4 is 17.9 Å². The van der Waals surface area contributed by atoms with E-state index in [2.05, 4.69) is 57.2 Å². The molecule has 0 radical (unpaired) electrons. The van der Waals surface area contributed by atoms with E-state index in [1.165, 1.54) is 148 Å². The fraction of sp³-hybridized carbons (Fsp3) is 0.672. The molecule has 70 heavy (non-hydrogen) atoms. The van der Waals surface area contributed by atoms with Crippen LogP contribution in [0.3, 0.4) is 0 Å². The van der Waals surface area contributed by atoms with Gasteiger partial charge in [0.1, 0.15) is 13.2 Å². The number of carbonyl (C=O) groups excluding carboxylic acids is 3. The van der Waals surface area contributed by atoms with Gasteiger partial charge in [-0.3, -0.25) is 14.4 Å². The van der Waals surface area contributed by atoms with Crippen LogP contribution in [0.2, 0.25) is 0 Å². The predicted molar refractivity (Wildman–Crippen MR) is 302 cm³/mol. The molecule has 0 amide bonds. The lowest BCUT2D eigenvalue weighted by Gasteiger charge is -2.18. The number of allylic oxidation sites excluding steroid dienone is 18. The Hall–Kier alpha value is -3.93. The molecule has 398 valence electrons. The van der Waals surface area contributed by atoms with Gasteiger partial charge < -0.3 is 14.2 Å². The van der Waals surface area contributed by atoms with Crippen molar-refractivity contribution in [1.29, 1.82) is 0 Å². The lowest BCUT2D eigenvalue weighted by atomic mass is 10.0. The maximum absolute atomic E-state index is 12.9. The summed E-state index contributed by atoms with van der Waals surface area (Å²) in [6.45, 7) is 6.44. The number of carbonyl (C=O) groups is 3. The highest BCUT2D eigenvalue weighted by Gasteiger charge is 2.19. The molecule has 1 unspecified atom stereocenters. The van der Waals surface area contributed by atoms with Crippen LogP contribution in [0.1, 0.15) is 258 Å². The minimum absolute atomic E-state index is 0.0937. The third kappa shape index (κ3) is 55.0. The van der Waals surface area contributed by atoms with Crippen molar-refractivity contribution in [2.24, 2.45) is 0 Å². The second-order valence-corrected chi connectivity index (χ2v) is 19.0. The van der Waals surface area contributed by atoms with Crippen LogP contribution in [-0.4, -0.2) is 37.2 Å². The van der Waals surface area contributed by atoms with E-state index in [0.29, 0.717) is 19.3 Å². The van der Waals surface area contributed by atoms with Crippen molar-refractivity contribution in [1.82, 2.24) is 0 Å². The fourth-order valence-corrected chi connectivity index (χ4v) is 7.89. The molecule has 0 saturated heterocycles. The molecular weight excluding hydrogens is 865 g/mol. The standard InChI is InChI=1S/C64H106O6/c1-4-7-10-13-16-19-22-25-28-30-32-34-36-39-42-45-48-51-54-57-63(66)69-60-61(59-68-62(65)56-53-50-47-44-41-38-27-24-21-18-15-12-9-6-3)70-64(67)58-55-52-49-46-43-40-37-35-33-31-29-26-23-20-17-14-11-8-5-2/h7,10,13,16-17,19-20,22-23,25-26,28,30,32,34,36,39,42,61H,4-6,8-9,11-12,14-15,18,21,24,27,29,31,33,35,37-38,40-41,43-60H2,1-3H3/b10-7-,16-13-,20-17-,22-19-,26-23-,28-25-,32-30+,36-34-,42-39-. The summed E-state index contributed by atoms with van der Waals surface area (Å²) in [6.07, 6.45) is 77.8. The summed E-state index contributed by atoms with van der Waals surface area (Å²) in [4.78, 5) is 38.2. The largest absolute Gasteiger partial charge is 0.462 e. The van der Waals surface area contributed by atoms with Gasteiger partial charge in [-0.15, -0.1) is 0 Å². The van der Waals surface area contributed by atoms with Crippen molar-refractivity contribution in [2.45, 2.75) is 264 Å². The van der Waals surface area contributed by atoms with Crippen LogP contribution in [0.25, 0.3) is 0 Å². The molecule has 0 aromatic carbocycles. The molecule has 0 rings (SSSR count). The molecule has 0 aliphatic carbocycles. The second-order valence-electron chi connectivity index (χ2n) is 19.0. The summed E-state index contributed by atoms with van der Waals surface area (Å²) in [6, 6.07) is 0. The van der Waals surface area contributed by atoms with Crippen LogP contribution in [0.4, 0.5) is 0 Å². The number of hydrogen-bond donors (Lipinski definition) is 0. The van der Waals surface area contributed by atoms with Crippen LogP contribution in [-0.2, 0) is 28.6 Å². The molecule has 0 aromatic heterocycles. The van der Waals surface area contributed by atoms with Gasteiger partial charge in [-0.05, 0) is 64.2 Å². The lowest BCUT2D eigenvalue weighted by Crippen LogP contribution is -2.30. The molecule has 0 aromatic rings. The van der Waals surface area contributed by atoms with E-state index in [1.54, 1.807) is 0 Å². The lowest BCUT2D eigenvalue weighted by molar-refractivity contribution is -0.167. The van der Waals surface area contributed by atoms with Crippen molar-refractivity contribution < 1.29 is 28.6 Å². The predicted octanol–water partition coefficient (Wildman–Crippen LogP) is 19.5. The molecule has 0 spiro atoms. The van der Waals surface area contributed by atoms with Gasteiger partial charge in [-0.2, -0.15) is 0 Å². The molecule has 0 heterocycles. The zero-order valence-electron chi connectivity index (χ0n) is 45.5. The van der Waals surface area contributed by atoms with Crippen LogP contribution in [0.15, 0.2) is 109 Å². The normalized spacial score (nSPS) is 12.9. The van der Waals surface area contributed by atoms with Gasteiger partial charge in [-0.25, -0.2) is 0 Å². The SMILES string of the molecule is CC\C=C/C=C\C=C/C=C\C=C\C=C/C=C\CCCCCC(=O)OCC(COC(=O)CCCCCCCCCCCCCCCC)OC(=O)CCCCCCCCCCCC/C=C\C=C/CCCCC. The second kappa shape index (κ2) is 57.6. The summed E-state index contributed by atoms with van der Waals surface area (Å²) in [5.41, 5.74) is 0. The highest BCUT2D eigenvalue weighted by molar-refractivity contribution is 5.71. The first kappa shape index (κ1) is 66.1. The maximum atomic E-state index is 12.9. The van der Waals surface area contributed by atoms with Crippen molar-refractivity contribution in [2.75, 3.05) is 13.2 Å². The molecule has 0 aliphatic heterocycles. The molecule has 1 atom stereocenters. The van der Waals surface area contributed by atoms with E-state index in [0.717, 1.165) is 70.6 Å². The van der Waals surface area contributed by atoms with Gasteiger partial charge in [0.25, 0.3) is 0 Å². The van der Waals surface area contributed by atoms with Gasteiger partial charge in [0.05, 0.1) is 0 Å². The first-order valence-electron chi connectivity index (χ1n) is 29.0. The van der Waals surface area contributed by atoms with Gasteiger partial charge in [0, 0.05) is 19.3 Å². The summed E-state index contributed by atoms with van der Waals surface area (Å²) < 4.78 is 16.8. The summed E-state index contributed by atoms with van der Waals surface area (Å²) >= 11 is 0. The zero-order valence-corrected chi connectivity index (χ0v) is 45.5. The number of ether oxygens (including phenoxy) is 3. The Balaban J connectivity index is 4.48. The smallest absolute Gasteiger partial charge is 0.306 e. The Morgan fingerprint density at radius 3 is 0.929 bits per heavy atom. The van der Waals surface area contributed by atoms with Crippen LogP contribution < -0.4 is 0 Å². The minimum Gasteiger partial charge on any atom is -0.462 e. The van der Waals surface area contributed by atoms with Crippen molar-refractivity contribution in [3.05, 3.63) is 109 Å². The van der Waals surface area contributed by atoms with E-state index >= 15 is 0 Å². The van der Waals surface area contributed by atoms with Crippen molar-refractivity contribution in [3.8, 4) is 0 Å². The molecule has 6 nitrogen and oxygen atoms in total. The average Bonchev–Trinajstić information content (AvgIpc) is 3.36. The quantitative estimate of drug-likeness (QED) is 0.0262. The zero-order chi connectivity index (χ0) is 50.7. The highest BCUT2D eigenvalue weighted by atomic mass is 16.6. The van der Waals surface area contributed by atoms with Gasteiger partial charge in [0.2, 0.25) is 0 Å². The van der Waals surface area contributed by atoms with Crippen LogP contribution in [0, 0.1) is 0 Å². The van der Waals surface area contributed by atoms with Crippen LogP contribution in [0.5, 0.6) is 0 Å². The molecule has 0 fully saturated rings. The number of hydrogen-bond acceptors (Lipinski definition) is 6. The van der Waals surface area contributed by atoms with E-state index in [9.17, 15) is 14.4 Å². The summed E-state index contributed by atoms with van der Waals surface area (Å²) in [5.74, 6) is -0.940. The summed E-state index contributed by atoms with van der Waals surface area (Å²) in [7, 11) is 0. The number of esters is 3. The Kier molecular flexibility index (Phi) is 54.4. The topological polar surface area (TPSA) is 78.9 Å². The first-order valence-corrected chi connectivity index (χ1v) is 29.0. The molecule has 0 N–H and O–H groups in total. The van der Waals surface area contributed by atoms with Gasteiger partial charge in [0.15, 0.2) is 6.10 Å². The van der Waals surface area contributed by atoms with Crippen LogP contribution >= 0.6 is 0 Å². The minimum atomic E-state index is -0.800. The molecular formula is C64H106O6. The van der Waals surface area contributed by atoms with Gasteiger partial charge in [-0.1, -0.05) is 284 Å². The van der Waals surface area contributed by atoms with E-state index in [1.807, 2.05) is 72.9 Å². The van der Waals surface area contributed by atoms with E-state index < -0.39 is 6.10 Å². The monoisotopic (exact) mass is 971 g/mol. The molecule has 0 aliphatic rings. The Labute approximate surface area is 431 Å². The Bertz CT molecular complexity index is 1440. The number of unbranched alkanes of at least 4 members (excludes halogenated alkanes) is 29. The Morgan fingerprint density at radius 1 is 0.300 bits per heavy atom. The molecule has 0 bridgehead atoms. The fourth-order valence-electron chi connectivity index (χ4n) is 7.89. The first-order chi connectivity index (χ1) is 34.5. The third-order valence-electron chi connectivity index (χ3n) is 12.2. The maximum Gasteiger partial charge on any atom is 0.306 e. The molecule has 0 saturated carbocycles. The average molecular weight is 972 g/mol. The van der Waals surface area contributed by atoms with E-state index in [-0.39, 0.29) is 31.1 Å². The summed E-state index contributed by atoms with van der Waals surface area (Å²) in [5, 5.41) is 0. The van der Waals surface area contributed by atoms with Gasteiger partial charge >= 0.3 is 17.9 Å². The Morgan fingerprint density at radius 2 is 0.557 bits per heavy atom.